The van der Waals surface area contributed by atoms with Crippen LogP contribution in [0.2, 0.25) is 0 Å². The Morgan fingerprint density at radius 1 is 1.11 bits per heavy atom. The molecule has 0 radical (unpaired) electrons. The monoisotopic (exact) mass is 693 g/mol. The van der Waals surface area contributed by atoms with Crippen molar-refractivity contribution in [3.63, 3.8) is 0 Å². The lowest BCUT2D eigenvalue weighted by Crippen LogP contribution is -2.51. The number of halogens is 6. The molecule has 1 heterocycles. The fraction of sp³-hybridized carbons (Fsp3) is 0.304. The number of alkyl halides is 3. The van der Waals surface area contributed by atoms with E-state index in [-0.39, 0.29) is 9.13 Å². The standard InChI is InChI=1S/C23H20F5IN2O5S2/c1-13-3-5-14(6-4-13)38(34,35)31-12-21(15-7-8-22(36-2,11-20(15)31)23(26,27)28)37(32,33)30-19-10-16(24)18(29)9-17(19)25/h3-6,9-10,12,30H,7-8,11H2,1-2H3/t22-/m0/s1/i2D3. The first-order chi connectivity index (χ1) is 18.7. The molecule has 206 valence electrons. The summed E-state index contributed by atoms with van der Waals surface area (Å²) < 4.78 is 154. The lowest BCUT2D eigenvalue weighted by atomic mass is 9.83. The van der Waals surface area contributed by atoms with Gasteiger partial charge in [-0.25, -0.2) is 29.6 Å². The van der Waals surface area contributed by atoms with Crippen molar-refractivity contribution in [2.24, 2.45) is 0 Å². The van der Waals surface area contributed by atoms with E-state index in [4.69, 9.17) is 4.11 Å². The molecular formula is C23H20F5IN2O5S2. The molecule has 4 rings (SSSR count). The van der Waals surface area contributed by atoms with Gasteiger partial charge in [0.25, 0.3) is 20.0 Å². The fourth-order valence-corrected chi connectivity index (χ4v) is 7.39. The van der Waals surface area contributed by atoms with Crippen molar-refractivity contribution in [2.75, 3.05) is 11.8 Å². The Morgan fingerprint density at radius 2 is 1.76 bits per heavy atom. The average molecular weight is 693 g/mol. The van der Waals surface area contributed by atoms with Gasteiger partial charge < -0.3 is 4.74 Å². The third-order valence-corrected chi connectivity index (χ3v) is 10.2. The van der Waals surface area contributed by atoms with Crippen molar-refractivity contribution >= 4 is 48.3 Å². The van der Waals surface area contributed by atoms with E-state index in [1.807, 2.05) is 4.72 Å². The number of hydrogen-bond donors (Lipinski definition) is 1. The molecule has 0 saturated carbocycles. The van der Waals surface area contributed by atoms with Crippen LogP contribution in [0.15, 0.2) is 52.4 Å². The minimum atomic E-state index is -5.30. The van der Waals surface area contributed by atoms with Gasteiger partial charge in [-0.3, -0.25) is 4.72 Å². The highest BCUT2D eigenvalue weighted by molar-refractivity contribution is 14.1. The normalized spacial score (nSPS) is 19.8. The van der Waals surface area contributed by atoms with Crippen molar-refractivity contribution < 1.29 is 47.6 Å². The van der Waals surface area contributed by atoms with Gasteiger partial charge in [0.05, 0.1) is 18.3 Å². The zero-order valence-corrected chi connectivity index (χ0v) is 23.0. The predicted octanol–water partition coefficient (Wildman–Crippen LogP) is 5.15. The molecule has 0 amide bonds. The number of methoxy groups -OCH3 is 1. The number of anilines is 1. The van der Waals surface area contributed by atoms with Gasteiger partial charge in [0.1, 0.15) is 16.5 Å². The van der Waals surface area contributed by atoms with Gasteiger partial charge in [-0.1, -0.05) is 17.7 Å². The van der Waals surface area contributed by atoms with E-state index in [1.54, 1.807) is 6.92 Å². The van der Waals surface area contributed by atoms with Gasteiger partial charge in [-0.15, -0.1) is 0 Å². The van der Waals surface area contributed by atoms with Crippen LogP contribution in [0.1, 0.15) is 27.4 Å². The van der Waals surface area contributed by atoms with Crippen LogP contribution in [-0.2, 0) is 37.6 Å². The summed E-state index contributed by atoms with van der Waals surface area (Å²) in [7, 11) is -13.2. The van der Waals surface area contributed by atoms with Crippen LogP contribution >= 0.6 is 22.6 Å². The highest BCUT2D eigenvalue weighted by atomic mass is 127. The summed E-state index contributed by atoms with van der Waals surface area (Å²) in [4.78, 5) is -1.21. The molecule has 0 spiro atoms. The molecule has 0 fully saturated rings. The van der Waals surface area contributed by atoms with Crippen molar-refractivity contribution in [2.45, 2.75) is 47.8 Å². The maximum absolute atomic E-state index is 14.5. The van der Waals surface area contributed by atoms with Crippen LogP contribution in [0.4, 0.5) is 27.6 Å². The average Bonchev–Trinajstić information content (AvgIpc) is 3.21. The molecule has 0 bridgehead atoms. The third-order valence-electron chi connectivity index (χ3n) is 6.21. The number of fused-ring (bicyclic) bond motifs is 1. The Labute approximate surface area is 233 Å². The number of ether oxygens (including phenoxy) is 1. The fourth-order valence-electron chi connectivity index (χ4n) is 4.13. The molecule has 1 aliphatic rings. The van der Waals surface area contributed by atoms with Crippen LogP contribution in [0.3, 0.4) is 0 Å². The maximum Gasteiger partial charge on any atom is 0.417 e. The summed E-state index contributed by atoms with van der Waals surface area (Å²) in [6, 6.07) is 6.40. The summed E-state index contributed by atoms with van der Waals surface area (Å²) in [5.41, 5.74) is -4.62. The van der Waals surface area contributed by atoms with Gasteiger partial charge in [-0.05, 0) is 66.1 Å². The first kappa shape index (κ1) is 24.8. The second kappa shape index (κ2) is 9.75. The zero-order valence-electron chi connectivity index (χ0n) is 22.2. The maximum atomic E-state index is 14.5. The Kier molecular flexibility index (Phi) is 6.35. The van der Waals surface area contributed by atoms with E-state index in [2.05, 4.69) is 4.74 Å². The van der Waals surface area contributed by atoms with Crippen LogP contribution < -0.4 is 4.72 Å². The van der Waals surface area contributed by atoms with Gasteiger partial charge in [-0.2, -0.15) is 13.2 Å². The number of aromatic nitrogens is 1. The predicted molar refractivity (Wildman–Crippen MR) is 136 cm³/mol. The van der Waals surface area contributed by atoms with Gasteiger partial charge in [0, 0.05) is 31.4 Å². The van der Waals surface area contributed by atoms with Crippen LogP contribution in [-0.4, -0.2) is 39.6 Å². The summed E-state index contributed by atoms with van der Waals surface area (Å²) in [5, 5.41) is 0. The summed E-state index contributed by atoms with van der Waals surface area (Å²) in [6.45, 7) is 1.65. The minimum Gasteiger partial charge on any atom is -0.368 e. The third kappa shape index (κ3) is 4.93. The number of benzene rings is 2. The first-order valence-electron chi connectivity index (χ1n) is 12.2. The SMILES string of the molecule is [2H]C([2H])([2H])O[C@@]1(C(F)(F)F)CCc2c(S(=O)(=O)Nc3cc(F)c(I)cc3F)cn(S(=O)(=O)c3ccc(C)cc3)c2C1. The lowest BCUT2D eigenvalue weighted by molar-refractivity contribution is -0.273. The Morgan fingerprint density at radius 3 is 2.37 bits per heavy atom. The molecular weight excluding hydrogens is 670 g/mol. The molecule has 7 nitrogen and oxygen atoms in total. The number of rotatable bonds is 6. The van der Waals surface area contributed by atoms with Crippen molar-refractivity contribution in [1.82, 2.24) is 3.97 Å². The molecule has 0 aliphatic heterocycles. The van der Waals surface area contributed by atoms with E-state index in [0.717, 1.165) is 12.1 Å². The molecule has 15 heteroatoms. The molecule has 0 unspecified atom stereocenters. The molecule has 2 aromatic carbocycles. The molecule has 0 saturated heterocycles. The van der Waals surface area contributed by atoms with E-state index in [9.17, 15) is 38.8 Å². The highest BCUT2D eigenvalue weighted by Crippen LogP contribution is 2.45. The van der Waals surface area contributed by atoms with E-state index in [0.29, 0.717) is 27.9 Å². The molecule has 3 aromatic rings. The Balaban J connectivity index is 1.94. The Hall–Kier alpha value is -2.24. The first-order valence-corrected chi connectivity index (χ1v) is 14.7. The van der Waals surface area contributed by atoms with Gasteiger partial charge in [0.15, 0.2) is 5.60 Å². The highest BCUT2D eigenvalue weighted by Gasteiger charge is 2.58. The number of hydrogen-bond acceptors (Lipinski definition) is 5. The number of aryl methyl sites for hydroxylation is 1. The minimum absolute atomic E-state index is 0.159. The smallest absolute Gasteiger partial charge is 0.368 e. The van der Waals surface area contributed by atoms with Crippen molar-refractivity contribution in [3.05, 3.63) is 74.6 Å². The van der Waals surface area contributed by atoms with Crippen molar-refractivity contribution in [1.29, 1.82) is 0 Å². The van der Waals surface area contributed by atoms with E-state index < -0.39 is 90.9 Å². The summed E-state index contributed by atoms with van der Waals surface area (Å²) in [5.74, 6) is -2.13. The quantitative estimate of drug-likeness (QED) is 0.219. The second-order valence-electron chi connectivity index (χ2n) is 8.66. The van der Waals surface area contributed by atoms with Crippen LogP contribution in [0.25, 0.3) is 0 Å². The van der Waals surface area contributed by atoms with Crippen molar-refractivity contribution in [3.8, 4) is 0 Å². The van der Waals surface area contributed by atoms with Gasteiger partial charge >= 0.3 is 6.18 Å². The molecule has 38 heavy (non-hydrogen) atoms. The number of nitrogens with one attached hydrogen (secondary N) is 1. The van der Waals surface area contributed by atoms with Crippen LogP contribution in [0.5, 0.6) is 0 Å². The number of sulfonamides is 1. The lowest BCUT2D eigenvalue weighted by Gasteiger charge is -2.38. The van der Waals surface area contributed by atoms with E-state index in [1.165, 1.54) is 34.7 Å². The summed E-state index contributed by atoms with van der Waals surface area (Å²) >= 11 is 1.48. The Bertz CT molecular complexity index is 1730. The second-order valence-corrected chi connectivity index (χ2v) is 13.3. The summed E-state index contributed by atoms with van der Waals surface area (Å²) in [6.07, 6.45) is -7.95. The molecule has 1 N–H and O–H groups in total. The molecule has 1 aliphatic carbocycles. The topological polar surface area (TPSA) is 94.5 Å². The zero-order chi connectivity index (χ0) is 30.8. The largest absolute Gasteiger partial charge is 0.417 e. The van der Waals surface area contributed by atoms with Gasteiger partial charge in [0.2, 0.25) is 0 Å². The molecule has 1 atom stereocenters. The van der Waals surface area contributed by atoms with E-state index >= 15 is 0 Å². The van der Waals surface area contributed by atoms with Crippen LogP contribution in [0, 0.1) is 22.1 Å². The number of nitrogens with zero attached hydrogens (tertiary/aromatic N) is 1. The molecule has 1 aromatic heterocycles.